The summed E-state index contributed by atoms with van der Waals surface area (Å²) in [7, 11) is 1.67. The van der Waals surface area contributed by atoms with Gasteiger partial charge in [0.05, 0.1) is 24.0 Å². The quantitative estimate of drug-likeness (QED) is 0.820. The van der Waals surface area contributed by atoms with Gasteiger partial charge in [0, 0.05) is 20.1 Å². The lowest BCUT2D eigenvalue weighted by Gasteiger charge is -2.11. The molecule has 0 bridgehead atoms. The van der Waals surface area contributed by atoms with Crippen LogP contribution in [0.25, 0.3) is 0 Å². The van der Waals surface area contributed by atoms with Crippen LogP contribution in [0.15, 0.2) is 6.20 Å². The van der Waals surface area contributed by atoms with Gasteiger partial charge < -0.3 is 10.6 Å². The van der Waals surface area contributed by atoms with Gasteiger partial charge in [-0.1, -0.05) is 5.21 Å². The molecule has 0 aromatic carbocycles. The van der Waals surface area contributed by atoms with Gasteiger partial charge in [-0.05, 0) is 32.4 Å². The van der Waals surface area contributed by atoms with Crippen LogP contribution in [0.2, 0.25) is 0 Å². The Morgan fingerprint density at radius 1 is 1.41 bits per heavy atom. The van der Waals surface area contributed by atoms with E-state index in [1.165, 1.54) is 12.8 Å². The topological polar surface area (TPSA) is 75.1 Å². The number of likely N-dealkylation sites (N-methyl/N-ethyl adjacent to an activating group) is 1. The Kier molecular flexibility index (Phi) is 7.55. The highest BCUT2D eigenvalue weighted by molar-refractivity contribution is 5.85. The number of nitrogens with one attached hydrogen (secondary N) is 2. The molecule has 0 spiro atoms. The molecule has 0 saturated carbocycles. The maximum atomic E-state index is 11.6. The smallest absolute Gasteiger partial charge is 0.236 e. The van der Waals surface area contributed by atoms with Crippen LogP contribution in [0.4, 0.5) is 0 Å². The summed E-state index contributed by atoms with van der Waals surface area (Å²) in [5, 5.41) is 14.4. The van der Waals surface area contributed by atoms with E-state index in [2.05, 4.69) is 25.8 Å². The number of hydrogen-bond donors (Lipinski definition) is 2. The third kappa shape index (κ3) is 4.32. The number of halogens is 2. The maximum absolute atomic E-state index is 11.6. The molecule has 2 aliphatic rings. The maximum Gasteiger partial charge on any atom is 0.236 e. The van der Waals surface area contributed by atoms with Gasteiger partial charge in [0.15, 0.2) is 0 Å². The Bertz CT molecular complexity index is 477. The Hall–Kier alpha value is -0.890. The summed E-state index contributed by atoms with van der Waals surface area (Å²) in [5.74, 6) is 0.0462. The van der Waals surface area contributed by atoms with E-state index >= 15 is 0 Å². The van der Waals surface area contributed by atoms with Crippen molar-refractivity contribution in [2.24, 2.45) is 0 Å². The number of rotatable bonds is 4. The van der Waals surface area contributed by atoms with Gasteiger partial charge in [-0.2, -0.15) is 0 Å². The molecule has 3 heterocycles. The molecule has 2 fully saturated rings. The lowest BCUT2D eigenvalue weighted by Crippen LogP contribution is -2.38. The first-order valence-electron chi connectivity index (χ1n) is 7.34. The minimum atomic E-state index is -0.115. The first-order valence-corrected chi connectivity index (χ1v) is 7.34. The number of carbonyl (C=O) groups excluding carboxylic acids is 1. The van der Waals surface area contributed by atoms with Crippen LogP contribution >= 0.6 is 24.8 Å². The molecular formula is C13H24Cl2N6O. The van der Waals surface area contributed by atoms with Gasteiger partial charge in [0.1, 0.15) is 0 Å². The van der Waals surface area contributed by atoms with Crippen LogP contribution in [0.1, 0.15) is 31.0 Å². The molecule has 0 radical (unpaired) electrons. The van der Waals surface area contributed by atoms with Gasteiger partial charge >= 0.3 is 0 Å². The average Bonchev–Trinajstić information content (AvgIpc) is 3.18. The van der Waals surface area contributed by atoms with Crippen molar-refractivity contribution in [3.63, 3.8) is 0 Å². The molecule has 0 aliphatic carbocycles. The zero-order chi connectivity index (χ0) is 13.9. The minimum Gasteiger partial charge on any atom is -0.358 e. The van der Waals surface area contributed by atoms with Crippen molar-refractivity contribution >= 4 is 30.7 Å². The molecule has 22 heavy (non-hydrogen) atoms. The third-order valence-electron chi connectivity index (χ3n) is 4.19. The Balaban J connectivity index is 0.00000121. The van der Waals surface area contributed by atoms with Crippen LogP contribution in [0, 0.1) is 0 Å². The second-order valence-corrected chi connectivity index (χ2v) is 5.64. The van der Waals surface area contributed by atoms with Gasteiger partial charge in [-0.3, -0.25) is 9.69 Å². The van der Waals surface area contributed by atoms with Gasteiger partial charge in [-0.25, -0.2) is 4.68 Å². The highest BCUT2D eigenvalue weighted by atomic mass is 35.5. The summed E-state index contributed by atoms with van der Waals surface area (Å²) < 4.78 is 1.90. The molecule has 3 rings (SSSR count). The Labute approximate surface area is 143 Å². The molecule has 7 nitrogen and oxygen atoms in total. The van der Waals surface area contributed by atoms with E-state index in [9.17, 15) is 4.79 Å². The number of amides is 1. The van der Waals surface area contributed by atoms with Crippen molar-refractivity contribution < 1.29 is 4.79 Å². The largest absolute Gasteiger partial charge is 0.358 e. The van der Waals surface area contributed by atoms with Crippen molar-refractivity contribution in [3.8, 4) is 0 Å². The van der Waals surface area contributed by atoms with Crippen LogP contribution in [0.5, 0.6) is 0 Å². The van der Waals surface area contributed by atoms with Crippen molar-refractivity contribution in [1.29, 1.82) is 0 Å². The first kappa shape index (κ1) is 19.2. The zero-order valence-corrected chi connectivity index (χ0v) is 14.3. The van der Waals surface area contributed by atoms with Crippen molar-refractivity contribution in [3.05, 3.63) is 11.9 Å². The number of carbonyl (C=O) groups is 1. The fraction of sp³-hybridized carbons (Fsp3) is 0.769. The molecule has 2 atom stereocenters. The van der Waals surface area contributed by atoms with Crippen molar-refractivity contribution in [2.75, 3.05) is 26.7 Å². The van der Waals surface area contributed by atoms with E-state index in [-0.39, 0.29) is 42.8 Å². The Morgan fingerprint density at radius 3 is 2.82 bits per heavy atom. The fourth-order valence-corrected chi connectivity index (χ4v) is 3.03. The summed E-state index contributed by atoms with van der Waals surface area (Å²) >= 11 is 0. The summed E-state index contributed by atoms with van der Waals surface area (Å²) in [6.07, 6.45) is 5.37. The molecule has 1 aromatic rings. The Morgan fingerprint density at radius 2 is 2.14 bits per heavy atom. The second-order valence-electron chi connectivity index (χ2n) is 5.64. The van der Waals surface area contributed by atoms with Crippen molar-refractivity contribution in [2.45, 2.75) is 37.9 Å². The SMILES string of the molecule is CNC(=O)[C@@H]1C[C@@H](n2cc(CN3CCCC3)nn2)CN1.Cl.Cl. The molecule has 1 amide bonds. The predicted octanol–water partition coefficient (Wildman–Crippen LogP) is 0.366. The number of likely N-dealkylation sites (tertiary alicyclic amines) is 1. The highest BCUT2D eigenvalue weighted by Gasteiger charge is 2.30. The molecule has 9 heteroatoms. The zero-order valence-electron chi connectivity index (χ0n) is 12.7. The summed E-state index contributed by atoms with van der Waals surface area (Å²) in [6.45, 7) is 3.98. The number of aromatic nitrogens is 3. The van der Waals surface area contributed by atoms with Crippen molar-refractivity contribution in [1.82, 2.24) is 30.5 Å². The fourth-order valence-electron chi connectivity index (χ4n) is 3.03. The summed E-state index contributed by atoms with van der Waals surface area (Å²) in [5.41, 5.74) is 1.02. The molecule has 2 aliphatic heterocycles. The first-order chi connectivity index (χ1) is 9.76. The van der Waals surface area contributed by atoms with E-state index in [0.717, 1.165) is 38.3 Å². The molecule has 2 N–H and O–H groups in total. The minimum absolute atomic E-state index is 0. The van der Waals surface area contributed by atoms with Crippen LogP contribution < -0.4 is 10.6 Å². The lowest BCUT2D eigenvalue weighted by atomic mass is 10.1. The van der Waals surface area contributed by atoms with E-state index in [0.29, 0.717) is 0 Å². The monoisotopic (exact) mass is 350 g/mol. The van der Waals surface area contributed by atoms with E-state index in [1.807, 2.05) is 10.9 Å². The van der Waals surface area contributed by atoms with E-state index in [4.69, 9.17) is 0 Å². The number of nitrogens with zero attached hydrogens (tertiary/aromatic N) is 4. The second kappa shape index (κ2) is 8.67. The molecule has 0 unspecified atom stereocenters. The molecule has 1 aromatic heterocycles. The van der Waals surface area contributed by atoms with Gasteiger partial charge in [-0.15, -0.1) is 29.9 Å². The standard InChI is InChI=1S/C13H22N6O.2ClH/c1-14-13(20)12-6-11(7-15-12)19-9-10(16-17-19)8-18-4-2-3-5-18;;/h9,11-12,15H,2-8H2,1H3,(H,14,20);2*1H/t11-,12+;;/m1../s1. The third-order valence-corrected chi connectivity index (χ3v) is 4.19. The summed E-state index contributed by atoms with van der Waals surface area (Å²) in [4.78, 5) is 14.0. The van der Waals surface area contributed by atoms with E-state index in [1.54, 1.807) is 7.05 Å². The predicted molar refractivity (Wildman–Crippen MR) is 88.5 cm³/mol. The highest BCUT2D eigenvalue weighted by Crippen LogP contribution is 2.19. The van der Waals surface area contributed by atoms with Crippen LogP contribution in [0.3, 0.4) is 0 Å². The normalized spacial score (nSPS) is 24.6. The van der Waals surface area contributed by atoms with Crippen LogP contribution in [-0.4, -0.2) is 58.5 Å². The van der Waals surface area contributed by atoms with E-state index < -0.39 is 0 Å². The average molecular weight is 351 g/mol. The van der Waals surface area contributed by atoms with Gasteiger partial charge in [0.2, 0.25) is 5.91 Å². The van der Waals surface area contributed by atoms with Gasteiger partial charge in [0.25, 0.3) is 0 Å². The molecule has 2 saturated heterocycles. The number of hydrogen-bond acceptors (Lipinski definition) is 5. The lowest BCUT2D eigenvalue weighted by molar-refractivity contribution is -0.122. The van der Waals surface area contributed by atoms with Crippen LogP contribution in [-0.2, 0) is 11.3 Å². The molecule has 126 valence electrons. The summed E-state index contributed by atoms with van der Waals surface area (Å²) in [6, 6.07) is 0.105. The molecular weight excluding hydrogens is 327 g/mol.